The first kappa shape index (κ1) is 12.8. The van der Waals surface area contributed by atoms with Gasteiger partial charge in [0.05, 0.1) is 13.2 Å². The summed E-state index contributed by atoms with van der Waals surface area (Å²) in [6, 6.07) is 0. The van der Waals surface area contributed by atoms with Gasteiger partial charge in [0, 0.05) is 0 Å². The predicted octanol–water partition coefficient (Wildman–Crippen LogP) is 2.67. The molecule has 2 heteroatoms. The third-order valence-corrected chi connectivity index (χ3v) is 5.06. The minimum absolute atomic E-state index is 0.0276. The molecular weight excluding hydrogens is 212 g/mol. The lowest BCUT2D eigenvalue weighted by atomic mass is 9.69. The van der Waals surface area contributed by atoms with E-state index in [-0.39, 0.29) is 13.2 Å². The van der Waals surface area contributed by atoms with Crippen LogP contribution in [0.15, 0.2) is 23.8 Å². The fraction of sp³-hybridized carbons (Fsp3) is 0.733. The van der Waals surface area contributed by atoms with E-state index in [0.29, 0.717) is 5.41 Å². The second-order valence-electron chi connectivity index (χ2n) is 5.87. The van der Waals surface area contributed by atoms with E-state index in [0.717, 1.165) is 30.3 Å². The zero-order valence-corrected chi connectivity index (χ0v) is 10.8. The van der Waals surface area contributed by atoms with E-state index in [9.17, 15) is 0 Å². The van der Waals surface area contributed by atoms with E-state index < -0.39 is 0 Å². The van der Waals surface area contributed by atoms with Crippen LogP contribution in [-0.2, 0) is 0 Å². The molecule has 2 fully saturated rings. The summed E-state index contributed by atoms with van der Waals surface area (Å²) in [7, 11) is 0. The number of fused-ring (bicyclic) bond motifs is 2. The fourth-order valence-corrected chi connectivity index (χ4v) is 3.73. The van der Waals surface area contributed by atoms with Crippen LogP contribution in [0.25, 0.3) is 0 Å². The normalized spacial score (nSPS) is 35.4. The molecule has 0 heterocycles. The van der Waals surface area contributed by atoms with Crippen LogP contribution >= 0.6 is 0 Å². The number of allylic oxidation sites excluding steroid dienone is 2. The Balaban J connectivity index is 1.95. The molecule has 0 unspecified atom stereocenters. The lowest BCUT2D eigenvalue weighted by Crippen LogP contribution is -2.26. The van der Waals surface area contributed by atoms with Gasteiger partial charge >= 0.3 is 0 Å². The van der Waals surface area contributed by atoms with E-state index in [1.165, 1.54) is 24.8 Å². The summed E-state index contributed by atoms with van der Waals surface area (Å²) < 4.78 is 0. The van der Waals surface area contributed by atoms with Gasteiger partial charge < -0.3 is 10.2 Å². The minimum atomic E-state index is -0.0276. The van der Waals surface area contributed by atoms with Gasteiger partial charge in [0.25, 0.3) is 0 Å². The zero-order valence-electron chi connectivity index (χ0n) is 10.8. The summed E-state index contributed by atoms with van der Waals surface area (Å²) >= 11 is 0. The molecule has 2 bridgehead atoms. The smallest absolute Gasteiger partial charge is 0.0663 e. The van der Waals surface area contributed by atoms with Crippen LogP contribution in [0.4, 0.5) is 0 Å². The van der Waals surface area contributed by atoms with Gasteiger partial charge in [0.2, 0.25) is 0 Å². The van der Waals surface area contributed by atoms with Crippen LogP contribution < -0.4 is 0 Å². The molecular formula is C15H24O2. The van der Waals surface area contributed by atoms with E-state index in [1.54, 1.807) is 0 Å². The molecule has 0 saturated heterocycles. The van der Waals surface area contributed by atoms with Crippen molar-refractivity contribution < 1.29 is 10.2 Å². The number of aliphatic hydroxyl groups excluding tert-OH is 2. The van der Waals surface area contributed by atoms with Gasteiger partial charge in [-0.1, -0.05) is 25.2 Å². The predicted molar refractivity (Wildman–Crippen MR) is 69.6 cm³/mol. The van der Waals surface area contributed by atoms with Gasteiger partial charge in [-0.2, -0.15) is 0 Å². The zero-order chi connectivity index (χ0) is 12.5. The summed E-state index contributed by atoms with van der Waals surface area (Å²) in [6.07, 6.45) is 8.08. The van der Waals surface area contributed by atoms with Crippen molar-refractivity contribution in [1.82, 2.24) is 0 Å². The maximum Gasteiger partial charge on any atom is 0.0663 e. The molecule has 0 spiro atoms. The largest absolute Gasteiger partial charge is 0.392 e. The van der Waals surface area contributed by atoms with Gasteiger partial charge in [0.15, 0.2) is 0 Å². The number of rotatable bonds is 5. The van der Waals surface area contributed by atoms with E-state index in [1.807, 2.05) is 6.08 Å². The Kier molecular flexibility index (Phi) is 3.74. The Bertz CT molecular complexity index is 326. The molecule has 0 radical (unpaired) electrons. The molecule has 3 atom stereocenters. The second kappa shape index (κ2) is 4.95. The first-order valence-corrected chi connectivity index (χ1v) is 6.70. The molecule has 2 N–H and O–H groups in total. The Labute approximate surface area is 104 Å². The number of hydrogen-bond acceptors (Lipinski definition) is 2. The second-order valence-corrected chi connectivity index (χ2v) is 5.87. The SMILES string of the molecule is C=C1[C@H]2CC[C@H](C2)[C@]1(C)CCC=C(CO)CO. The molecule has 2 rings (SSSR count). The molecule has 0 aromatic heterocycles. The summed E-state index contributed by atoms with van der Waals surface area (Å²) in [6.45, 7) is 6.61. The summed E-state index contributed by atoms with van der Waals surface area (Å²) in [4.78, 5) is 0. The molecule has 0 aromatic carbocycles. The third-order valence-electron chi connectivity index (χ3n) is 5.06. The molecule has 0 amide bonds. The van der Waals surface area contributed by atoms with Crippen molar-refractivity contribution in [3.05, 3.63) is 23.8 Å². The van der Waals surface area contributed by atoms with E-state index in [2.05, 4.69) is 13.5 Å². The minimum Gasteiger partial charge on any atom is -0.392 e. The van der Waals surface area contributed by atoms with Gasteiger partial charge in [0.1, 0.15) is 0 Å². The van der Waals surface area contributed by atoms with E-state index >= 15 is 0 Å². The standard InChI is InChI=1S/C15H24O2/c1-11-13-5-6-14(8-13)15(11,2)7-3-4-12(9-16)10-17/h4,13-14,16-17H,1,3,5-10H2,2H3/t13-,14+,15+/m0/s1. The Hall–Kier alpha value is -0.600. The van der Waals surface area contributed by atoms with Gasteiger partial charge in [-0.15, -0.1) is 0 Å². The van der Waals surface area contributed by atoms with Crippen LogP contribution in [-0.4, -0.2) is 23.4 Å². The number of hydrogen-bond donors (Lipinski definition) is 2. The topological polar surface area (TPSA) is 40.5 Å². The quantitative estimate of drug-likeness (QED) is 0.720. The number of aliphatic hydroxyl groups is 2. The molecule has 17 heavy (non-hydrogen) atoms. The molecule has 2 nitrogen and oxygen atoms in total. The fourth-order valence-electron chi connectivity index (χ4n) is 3.73. The van der Waals surface area contributed by atoms with Crippen molar-refractivity contribution in [2.24, 2.45) is 17.3 Å². The van der Waals surface area contributed by atoms with Crippen LogP contribution in [0.1, 0.15) is 39.0 Å². The highest BCUT2D eigenvalue weighted by Gasteiger charge is 2.49. The molecule has 2 aliphatic carbocycles. The van der Waals surface area contributed by atoms with Gasteiger partial charge in [-0.25, -0.2) is 0 Å². The van der Waals surface area contributed by atoms with Gasteiger partial charge in [-0.05, 0) is 54.9 Å². The molecule has 0 aliphatic heterocycles. The maximum absolute atomic E-state index is 8.99. The van der Waals surface area contributed by atoms with Crippen molar-refractivity contribution in [2.75, 3.05) is 13.2 Å². The average Bonchev–Trinajstić information content (AvgIpc) is 2.89. The summed E-state index contributed by atoms with van der Waals surface area (Å²) in [5.41, 5.74) is 2.49. The average molecular weight is 236 g/mol. The van der Waals surface area contributed by atoms with Crippen molar-refractivity contribution in [3.63, 3.8) is 0 Å². The van der Waals surface area contributed by atoms with Gasteiger partial charge in [-0.3, -0.25) is 0 Å². The first-order chi connectivity index (χ1) is 8.11. The summed E-state index contributed by atoms with van der Waals surface area (Å²) in [5.74, 6) is 1.59. The van der Waals surface area contributed by atoms with Crippen LogP contribution in [0.5, 0.6) is 0 Å². The molecule has 2 saturated carbocycles. The monoisotopic (exact) mass is 236 g/mol. The van der Waals surface area contributed by atoms with Crippen molar-refractivity contribution >= 4 is 0 Å². The Morgan fingerprint density at radius 3 is 2.65 bits per heavy atom. The highest BCUT2D eigenvalue weighted by molar-refractivity contribution is 5.24. The van der Waals surface area contributed by atoms with Crippen molar-refractivity contribution in [2.45, 2.75) is 39.0 Å². The first-order valence-electron chi connectivity index (χ1n) is 6.70. The molecule has 0 aromatic rings. The van der Waals surface area contributed by atoms with Crippen LogP contribution in [0, 0.1) is 17.3 Å². The maximum atomic E-state index is 8.99. The van der Waals surface area contributed by atoms with Crippen LogP contribution in [0.2, 0.25) is 0 Å². The van der Waals surface area contributed by atoms with Crippen molar-refractivity contribution in [1.29, 1.82) is 0 Å². The van der Waals surface area contributed by atoms with Crippen molar-refractivity contribution in [3.8, 4) is 0 Å². The van der Waals surface area contributed by atoms with E-state index in [4.69, 9.17) is 10.2 Å². The highest BCUT2D eigenvalue weighted by atomic mass is 16.3. The highest BCUT2D eigenvalue weighted by Crippen LogP contribution is 2.60. The summed E-state index contributed by atoms with van der Waals surface area (Å²) in [5, 5.41) is 18.0. The Morgan fingerprint density at radius 1 is 1.41 bits per heavy atom. The third kappa shape index (κ3) is 2.21. The molecule has 2 aliphatic rings. The lowest BCUT2D eigenvalue weighted by molar-refractivity contribution is 0.239. The van der Waals surface area contributed by atoms with Crippen LogP contribution in [0.3, 0.4) is 0 Å². The molecule has 96 valence electrons. The Morgan fingerprint density at radius 2 is 2.12 bits per heavy atom. The lowest BCUT2D eigenvalue weighted by Gasteiger charge is -2.36.